The summed E-state index contributed by atoms with van der Waals surface area (Å²) in [4.78, 5) is 10.5. The normalized spacial score (nSPS) is 14.7. The Kier molecular flexibility index (Phi) is 6.19. The molecular formula is C19H19N3O3S. The first-order valence-electron chi connectivity index (χ1n) is 7.90. The maximum atomic E-state index is 10.2. The van der Waals surface area contributed by atoms with Crippen molar-refractivity contribution < 1.29 is 10.0 Å². The third kappa shape index (κ3) is 4.31. The number of benzene rings is 2. The molecule has 0 amide bonds. The Morgan fingerprint density at radius 1 is 1.19 bits per heavy atom. The molecule has 0 fully saturated rings. The fourth-order valence-corrected chi connectivity index (χ4v) is 2.76. The van der Waals surface area contributed by atoms with Gasteiger partial charge in [0.2, 0.25) is 0 Å². The van der Waals surface area contributed by atoms with Gasteiger partial charge in [-0.05, 0) is 44.5 Å². The predicted molar refractivity (Wildman–Crippen MR) is 108 cm³/mol. The number of hydrazone groups is 1. The highest BCUT2D eigenvalue weighted by Crippen LogP contribution is 2.24. The Morgan fingerprint density at radius 3 is 2.35 bits per heavy atom. The van der Waals surface area contributed by atoms with Crippen LogP contribution in [0.2, 0.25) is 0 Å². The summed E-state index contributed by atoms with van der Waals surface area (Å²) in [6.07, 6.45) is 2.00. The standard InChI is InChI=1S/C12H12N2S.C7H7NO3/c1-3-11-9(2)13-14(12(11)15)10-7-5-4-6-8-10;1-5-4-6(8(10)11)2-3-7(5)9/h3-8H,1-2H3;2-4,9H,1H3/b11-3-;. The molecule has 0 bridgehead atoms. The largest absolute Gasteiger partial charge is 0.508 e. The van der Waals surface area contributed by atoms with E-state index in [0.717, 1.165) is 22.0 Å². The topological polar surface area (TPSA) is 79.0 Å². The van der Waals surface area contributed by atoms with Crippen LogP contribution in [0.4, 0.5) is 11.4 Å². The molecule has 0 saturated carbocycles. The van der Waals surface area contributed by atoms with Gasteiger partial charge in [0.1, 0.15) is 10.7 Å². The number of phenolic OH excluding ortho intramolecular Hbond substituents is 1. The first kappa shape index (κ1) is 19.3. The molecule has 2 aromatic rings. The average molecular weight is 369 g/mol. The minimum atomic E-state index is -0.494. The number of hydrogen-bond donors (Lipinski definition) is 1. The lowest BCUT2D eigenvalue weighted by atomic mass is 10.2. The molecule has 1 aliphatic rings. The second kappa shape index (κ2) is 8.35. The van der Waals surface area contributed by atoms with Gasteiger partial charge < -0.3 is 5.11 Å². The first-order valence-corrected chi connectivity index (χ1v) is 8.31. The Bertz CT molecular complexity index is 892. The van der Waals surface area contributed by atoms with Gasteiger partial charge in [0.05, 0.1) is 16.3 Å². The van der Waals surface area contributed by atoms with E-state index in [1.807, 2.05) is 50.3 Å². The van der Waals surface area contributed by atoms with Gasteiger partial charge in [0.25, 0.3) is 5.69 Å². The number of thiocarbonyl (C=S) groups is 1. The number of anilines is 1. The summed E-state index contributed by atoms with van der Waals surface area (Å²) in [5.41, 5.74) is 3.55. The number of para-hydroxylation sites is 1. The van der Waals surface area contributed by atoms with Crippen LogP contribution in [0.5, 0.6) is 5.75 Å². The van der Waals surface area contributed by atoms with Gasteiger partial charge in [-0.3, -0.25) is 10.1 Å². The molecule has 1 aliphatic heterocycles. The van der Waals surface area contributed by atoms with Crippen LogP contribution in [-0.2, 0) is 0 Å². The fraction of sp³-hybridized carbons (Fsp3) is 0.158. The van der Waals surface area contributed by atoms with Crippen molar-refractivity contribution in [2.75, 3.05) is 5.01 Å². The zero-order chi connectivity index (χ0) is 19.3. The van der Waals surface area contributed by atoms with Crippen LogP contribution in [0.25, 0.3) is 0 Å². The number of hydrogen-bond acceptors (Lipinski definition) is 5. The van der Waals surface area contributed by atoms with E-state index in [1.165, 1.54) is 18.2 Å². The highest BCUT2D eigenvalue weighted by atomic mass is 32.1. The molecule has 0 aromatic heterocycles. The van der Waals surface area contributed by atoms with E-state index in [9.17, 15) is 10.1 Å². The van der Waals surface area contributed by atoms with E-state index in [2.05, 4.69) is 5.10 Å². The van der Waals surface area contributed by atoms with Crippen LogP contribution in [0.3, 0.4) is 0 Å². The second-order valence-corrected chi connectivity index (χ2v) is 5.95. The molecule has 6 nitrogen and oxygen atoms in total. The maximum absolute atomic E-state index is 10.2. The molecule has 1 N–H and O–H groups in total. The molecule has 7 heteroatoms. The van der Waals surface area contributed by atoms with Crippen molar-refractivity contribution >= 4 is 34.3 Å². The van der Waals surface area contributed by atoms with Gasteiger partial charge in [0.15, 0.2) is 0 Å². The van der Waals surface area contributed by atoms with Crippen LogP contribution < -0.4 is 5.01 Å². The summed E-state index contributed by atoms with van der Waals surface area (Å²) in [6.45, 7) is 5.57. The third-order valence-corrected chi connectivity index (χ3v) is 4.14. The lowest BCUT2D eigenvalue weighted by Gasteiger charge is -2.13. The summed E-state index contributed by atoms with van der Waals surface area (Å²) >= 11 is 5.36. The summed E-state index contributed by atoms with van der Waals surface area (Å²) in [5.74, 6) is 0.0793. The number of non-ortho nitro benzene ring substituents is 1. The smallest absolute Gasteiger partial charge is 0.269 e. The first-order chi connectivity index (χ1) is 12.3. The van der Waals surface area contributed by atoms with E-state index >= 15 is 0 Å². The second-order valence-electron chi connectivity index (χ2n) is 5.57. The zero-order valence-electron chi connectivity index (χ0n) is 14.7. The number of aryl methyl sites for hydroxylation is 1. The summed E-state index contributed by atoms with van der Waals surface area (Å²) < 4.78 is 0. The average Bonchev–Trinajstić information content (AvgIpc) is 2.92. The quantitative estimate of drug-likeness (QED) is 0.357. The van der Waals surface area contributed by atoms with Gasteiger partial charge >= 0.3 is 0 Å². The van der Waals surface area contributed by atoms with E-state index in [-0.39, 0.29) is 11.4 Å². The molecule has 0 spiro atoms. The number of allylic oxidation sites excluding steroid dienone is 1. The molecular weight excluding hydrogens is 350 g/mol. The van der Waals surface area contributed by atoms with Gasteiger partial charge in [-0.2, -0.15) is 5.10 Å². The van der Waals surface area contributed by atoms with Crippen LogP contribution in [0.15, 0.2) is 65.3 Å². The van der Waals surface area contributed by atoms with Crippen LogP contribution in [-0.4, -0.2) is 20.7 Å². The van der Waals surface area contributed by atoms with Crippen LogP contribution in [0, 0.1) is 17.0 Å². The maximum Gasteiger partial charge on any atom is 0.269 e. The van der Waals surface area contributed by atoms with Crippen molar-refractivity contribution in [3.05, 3.63) is 75.9 Å². The number of nitro benzene ring substituents is 1. The number of aromatic hydroxyl groups is 1. The molecule has 1 heterocycles. The van der Waals surface area contributed by atoms with Crippen molar-refractivity contribution in [3.8, 4) is 5.75 Å². The molecule has 3 rings (SSSR count). The minimum Gasteiger partial charge on any atom is -0.508 e. The van der Waals surface area contributed by atoms with Crippen molar-refractivity contribution in [1.82, 2.24) is 0 Å². The molecule has 0 radical (unpaired) electrons. The molecule has 0 atom stereocenters. The number of phenols is 1. The van der Waals surface area contributed by atoms with Crippen LogP contribution in [0.1, 0.15) is 19.4 Å². The number of nitro groups is 1. The predicted octanol–water partition coefficient (Wildman–Crippen LogP) is 4.77. The van der Waals surface area contributed by atoms with Gasteiger partial charge in [-0.25, -0.2) is 5.01 Å². The zero-order valence-corrected chi connectivity index (χ0v) is 15.5. The van der Waals surface area contributed by atoms with E-state index in [1.54, 1.807) is 11.9 Å². The summed E-state index contributed by atoms with van der Waals surface area (Å²) in [6, 6.07) is 13.9. The van der Waals surface area contributed by atoms with Crippen LogP contribution >= 0.6 is 12.2 Å². The highest BCUT2D eigenvalue weighted by Gasteiger charge is 2.23. The molecule has 0 aliphatic carbocycles. The molecule has 0 saturated heterocycles. The van der Waals surface area contributed by atoms with E-state index < -0.39 is 4.92 Å². The Balaban J connectivity index is 0.000000197. The van der Waals surface area contributed by atoms with Crippen molar-refractivity contribution in [2.45, 2.75) is 20.8 Å². The molecule has 134 valence electrons. The Morgan fingerprint density at radius 2 is 1.85 bits per heavy atom. The van der Waals surface area contributed by atoms with Crippen molar-refractivity contribution in [1.29, 1.82) is 0 Å². The Hall–Kier alpha value is -3.06. The lowest BCUT2D eigenvalue weighted by Crippen LogP contribution is -2.19. The van der Waals surface area contributed by atoms with E-state index in [4.69, 9.17) is 17.3 Å². The minimum absolute atomic E-state index is 0.000278. The molecule has 0 unspecified atom stereocenters. The van der Waals surface area contributed by atoms with Crippen molar-refractivity contribution in [3.63, 3.8) is 0 Å². The monoisotopic (exact) mass is 369 g/mol. The molecule has 2 aromatic carbocycles. The van der Waals surface area contributed by atoms with Gasteiger partial charge in [-0.15, -0.1) is 0 Å². The Labute approximate surface area is 157 Å². The number of nitrogens with zero attached hydrogens (tertiary/aromatic N) is 3. The lowest BCUT2D eigenvalue weighted by molar-refractivity contribution is -0.384. The highest BCUT2D eigenvalue weighted by molar-refractivity contribution is 7.81. The summed E-state index contributed by atoms with van der Waals surface area (Å²) in [5, 5.41) is 25.4. The van der Waals surface area contributed by atoms with Gasteiger partial charge in [0, 0.05) is 17.7 Å². The van der Waals surface area contributed by atoms with Crippen molar-refractivity contribution in [2.24, 2.45) is 5.10 Å². The summed E-state index contributed by atoms with van der Waals surface area (Å²) in [7, 11) is 0. The van der Waals surface area contributed by atoms with E-state index in [0.29, 0.717) is 5.56 Å². The number of rotatable bonds is 2. The molecule has 26 heavy (non-hydrogen) atoms. The van der Waals surface area contributed by atoms with Gasteiger partial charge in [-0.1, -0.05) is 36.5 Å². The third-order valence-electron chi connectivity index (χ3n) is 3.74. The SMILES string of the molecule is C/C=C1\C(=S)N(c2ccccc2)N=C1C.Cc1cc([N+](=O)[O-])ccc1O. The fourth-order valence-electron chi connectivity index (χ4n) is 2.35.